The van der Waals surface area contributed by atoms with Gasteiger partial charge in [-0.2, -0.15) is 4.31 Å². The van der Waals surface area contributed by atoms with Crippen molar-refractivity contribution < 1.29 is 13.2 Å². The lowest BCUT2D eigenvalue weighted by Gasteiger charge is -2.36. The number of nitrogens with zero attached hydrogens (tertiary/aromatic N) is 2. The Morgan fingerprint density at radius 3 is 2.33 bits per heavy atom. The van der Waals surface area contributed by atoms with E-state index >= 15 is 0 Å². The Bertz CT molecular complexity index is 1390. The molecule has 3 aromatic carbocycles. The Balaban J connectivity index is 1.45. The zero-order chi connectivity index (χ0) is 25.9. The summed E-state index contributed by atoms with van der Waals surface area (Å²) in [7, 11) is -3.58. The zero-order valence-electron chi connectivity index (χ0n) is 19.4. The molecule has 0 unspecified atom stereocenters. The number of carbonyl (C=O) groups is 1. The van der Waals surface area contributed by atoms with E-state index in [0.717, 1.165) is 10.0 Å². The predicted molar refractivity (Wildman–Crippen MR) is 151 cm³/mol. The molecule has 0 aromatic heterocycles. The minimum Gasteiger partial charge on any atom is -0.366 e. The molecule has 1 aliphatic rings. The maximum atomic E-state index is 13.1. The van der Waals surface area contributed by atoms with Crippen molar-refractivity contribution in [3.05, 3.63) is 87.4 Å². The van der Waals surface area contributed by atoms with Crippen LogP contribution in [0.5, 0.6) is 0 Å². The van der Waals surface area contributed by atoms with Crippen LogP contribution in [0.15, 0.2) is 76.1 Å². The van der Waals surface area contributed by atoms with Gasteiger partial charge in [-0.25, -0.2) is 8.42 Å². The Morgan fingerprint density at radius 2 is 1.67 bits per heavy atom. The molecule has 3 aromatic rings. The summed E-state index contributed by atoms with van der Waals surface area (Å²) in [5, 5.41) is 6.37. The fourth-order valence-corrected chi connectivity index (χ4v) is 6.23. The van der Waals surface area contributed by atoms with Gasteiger partial charge in [0.2, 0.25) is 10.0 Å². The molecule has 1 saturated heterocycles. The summed E-state index contributed by atoms with van der Waals surface area (Å²) in [5.74, 6) is -0.340. The Morgan fingerprint density at radius 1 is 1.00 bits per heavy atom. The van der Waals surface area contributed by atoms with E-state index in [1.54, 1.807) is 54.6 Å². The van der Waals surface area contributed by atoms with Gasteiger partial charge in [-0.1, -0.05) is 57.4 Å². The van der Waals surface area contributed by atoms with Crippen LogP contribution in [0.4, 0.5) is 11.4 Å². The number of benzene rings is 3. The topological polar surface area (TPSA) is 81.8 Å². The number of carbonyl (C=O) groups excluding carboxylic acids is 1. The van der Waals surface area contributed by atoms with Crippen LogP contribution in [0.2, 0.25) is 5.02 Å². The van der Waals surface area contributed by atoms with Crippen molar-refractivity contribution >= 4 is 72.2 Å². The highest BCUT2D eigenvalue weighted by Gasteiger charge is 2.30. The first-order valence-electron chi connectivity index (χ1n) is 11.1. The van der Waals surface area contributed by atoms with E-state index in [-0.39, 0.29) is 15.9 Å². The van der Waals surface area contributed by atoms with Crippen LogP contribution in [0.3, 0.4) is 0 Å². The highest BCUT2D eigenvalue weighted by Crippen LogP contribution is 2.35. The molecule has 1 heterocycles. The van der Waals surface area contributed by atoms with Gasteiger partial charge in [0, 0.05) is 36.2 Å². The number of hydrogen-bond donors (Lipinski definition) is 2. The fourth-order valence-electron chi connectivity index (χ4n) is 3.91. The third-order valence-electron chi connectivity index (χ3n) is 5.76. The van der Waals surface area contributed by atoms with Crippen molar-refractivity contribution in [3.8, 4) is 0 Å². The second kappa shape index (κ2) is 11.3. The van der Waals surface area contributed by atoms with E-state index in [0.29, 0.717) is 48.1 Å². The third kappa shape index (κ3) is 6.07. The monoisotopic (exact) mass is 606 g/mol. The number of aryl methyl sites for hydroxylation is 1. The minimum absolute atomic E-state index is 0.129. The molecule has 4 rings (SSSR count). The highest BCUT2D eigenvalue weighted by atomic mass is 79.9. The van der Waals surface area contributed by atoms with Crippen molar-refractivity contribution in [3.63, 3.8) is 0 Å². The van der Waals surface area contributed by atoms with Gasteiger partial charge in [0.05, 0.1) is 21.3 Å². The molecule has 0 radical (unpaired) electrons. The number of piperazine rings is 1. The van der Waals surface area contributed by atoms with Gasteiger partial charge in [0.25, 0.3) is 5.91 Å². The number of sulfonamides is 1. The molecule has 0 aliphatic carbocycles. The molecule has 0 atom stereocenters. The maximum Gasteiger partial charge on any atom is 0.257 e. The van der Waals surface area contributed by atoms with Crippen molar-refractivity contribution in [2.45, 2.75) is 11.8 Å². The summed E-state index contributed by atoms with van der Waals surface area (Å²) in [4.78, 5) is 14.9. The Labute approximate surface area is 229 Å². The summed E-state index contributed by atoms with van der Waals surface area (Å²) >= 11 is 15.3. The number of rotatable bonds is 5. The summed E-state index contributed by atoms with van der Waals surface area (Å²) in [6.45, 7) is 3.43. The lowest BCUT2D eigenvalue weighted by molar-refractivity contribution is 0.0977. The molecule has 2 N–H and O–H groups in total. The number of nitrogens with one attached hydrogen (secondary N) is 2. The van der Waals surface area contributed by atoms with Crippen molar-refractivity contribution in [1.29, 1.82) is 0 Å². The van der Waals surface area contributed by atoms with E-state index in [4.69, 9.17) is 23.8 Å². The number of para-hydroxylation sites is 1. The summed E-state index contributed by atoms with van der Waals surface area (Å²) < 4.78 is 28.4. The number of amides is 1. The first kappa shape index (κ1) is 26.6. The van der Waals surface area contributed by atoms with Gasteiger partial charge in [-0.3, -0.25) is 10.1 Å². The van der Waals surface area contributed by atoms with Crippen LogP contribution < -0.4 is 15.5 Å². The second-order valence-electron chi connectivity index (χ2n) is 8.26. The summed E-state index contributed by atoms with van der Waals surface area (Å²) in [6, 6.07) is 19.2. The van der Waals surface area contributed by atoms with Gasteiger partial charge in [0.1, 0.15) is 0 Å². The normalized spacial score (nSPS) is 14.4. The van der Waals surface area contributed by atoms with Gasteiger partial charge in [-0.05, 0) is 61.6 Å². The van der Waals surface area contributed by atoms with Crippen LogP contribution in [-0.2, 0) is 10.0 Å². The fraction of sp³-hybridized carbons (Fsp3) is 0.200. The van der Waals surface area contributed by atoms with E-state index in [1.807, 2.05) is 24.0 Å². The van der Waals surface area contributed by atoms with Gasteiger partial charge in [-0.15, -0.1) is 0 Å². The SMILES string of the molecule is Cc1ccc(S(=O)(=O)N2CCN(c3c(Cl)cccc3NC(=S)NC(=O)c3cccc(Br)c3)CC2)cc1. The molecule has 0 saturated carbocycles. The molecule has 1 aliphatic heterocycles. The predicted octanol–water partition coefficient (Wildman–Crippen LogP) is 5.05. The molecular formula is C25H24BrClN4O3S2. The first-order chi connectivity index (χ1) is 17.1. The minimum atomic E-state index is -3.58. The molecule has 0 spiro atoms. The standard InChI is InChI=1S/C25H24BrClN4O3S2/c1-17-8-10-20(11-9-17)36(33,34)31-14-12-30(13-15-31)23-21(27)6-3-7-22(23)28-25(35)29-24(32)18-4-2-5-19(26)16-18/h2-11,16H,12-15H2,1H3,(H2,28,29,32,35). The Hall–Kier alpha value is -2.50. The van der Waals surface area contributed by atoms with Crippen LogP contribution in [0.1, 0.15) is 15.9 Å². The quantitative estimate of drug-likeness (QED) is 0.395. The van der Waals surface area contributed by atoms with Crippen LogP contribution in [0.25, 0.3) is 0 Å². The van der Waals surface area contributed by atoms with Crippen molar-refractivity contribution in [2.75, 3.05) is 36.4 Å². The largest absolute Gasteiger partial charge is 0.366 e. The van der Waals surface area contributed by atoms with Crippen LogP contribution >= 0.6 is 39.7 Å². The molecule has 188 valence electrons. The lowest BCUT2D eigenvalue weighted by Crippen LogP contribution is -2.49. The number of hydrogen-bond acceptors (Lipinski definition) is 5. The molecule has 0 bridgehead atoms. The molecule has 1 amide bonds. The first-order valence-corrected chi connectivity index (χ1v) is 14.2. The van der Waals surface area contributed by atoms with Crippen molar-refractivity contribution in [1.82, 2.24) is 9.62 Å². The van der Waals surface area contributed by atoms with Crippen LogP contribution in [0, 0.1) is 6.92 Å². The maximum absolute atomic E-state index is 13.1. The molecule has 7 nitrogen and oxygen atoms in total. The summed E-state index contributed by atoms with van der Waals surface area (Å²) in [5.41, 5.74) is 2.79. The van der Waals surface area contributed by atoms with Gasteiger partial charge in [0.15, 0.2) is 5.11 Å². The number of thiocarbonyl (C=S) groups is 1. The highest BCUT2D eigenvalue weighted by molar-refractivity contribution is 9.10. The number of halogens is 2. The summed E-state index contributed by atoms with van der Waals surface area (Å²) in [6.07, 6.45) is 0. The zero-order valence-corrected chi connectivity index (χ0v) is 23.3. The molecule has 36 heavy (non-hydrogen) atoms. The molecular weight excluding hydrogens is 584 g/mol. The van der Waals surface area contributed by atoms with Crippen molar-refractivity contribution in [2.24, 2.45) is 0 Å². The van der Waals surface area contributed by atoms with E-state index < -0.39 is 10.0 Å². The van der Waals surface area contributed by atoms with Gasteiger partial charge < -0.3 is 10.2 Å². The third-order valence-corrected chi connectivity index (χ3v) is 8.68. The second-order valence-corrected chi connectivity index (χ2v) is 11.9. The van der Waals surface area contributed by atoms with Gasteiger partial charge >= 0.3 is 0 Å². The van der Waals surface area contributed by atoms with E-state index in [1.165, 1.54) is 4.31 Å². The average Bonchev–Trinajstić information content (AvgIpc) is 2.84. The average molecular weight is 608 g/mol. The Kier molecular flexibility index (Phi) is 8.31. The van der Waals surface area contributed by atoms with Crippen LogP contribution in [-0.4, -0.2) is 49.9 Å². The molecule has 11 heteroatoms. The van der Waals surface area contributed by atoms with E-state index in [2.05, 4.69) is 26.6 Å². The van der Waals surface area contributed by atoms with E-state index in [9.17, 15) is 13.2 Å². The number of anilines is 2. The lowest BCUT2D eigenvalue weighted by atomic mass is 10.2. The molecule has 1 fully saturated rings. The smallest absolute Gasteiger partial charge is 0.257 e.